The summed E-state index contributed by atoms with van der Waals surface area (Å²) in [4.78, 5) is 0. The van der Waals surface area contributed by atoms with Gasteiger partial charge in [0.25, 0.3) is 0 Å². The molecule has 1 aliphatic rings. The lowest BCUT2D eigenvalue weighted by atomic mass is 9.88. The Labute approximate surface area is 101 Å². The molecule has 0 saturated heterocycles. The van der Waals surface area contributed by atoms with E-state index in [0.717, 1.165) is 13.0 Å². The Morgan fingerprint density at radius 3 is 2.31 bits per heavy atom. The molecule has 1 aliphatic carbocycles. The number of rotatable bonds is 5. The van der Waals surface area contributed by atoms with Crippen molar-refractivity contribution in [2.24, 2.45) is 5.92 Å². The fourth-order valence-corrected chi connectivity index (χ4v) is 2.45. The first-order valence-corrected chi connectivity index (χ1v) is 7.02. The van der Waals surface area contributed by atoms with Gasteiger partial charge in [-0.2, -0.15) is 0 Å². The van der Waals surface area contributed by atoms with Gasteiger partial charge in [-0.1, -0.05) is 46.0 Å². The van der Waals surface area contributed by atoms with E-state index in [-0.39, 0.29) is 0 Å². The number of aliphatic hydroxyl groups is 1. The first-order valence-electron chi connectivity index (χ1n) is 7.02. The lowest BCUT2D eigenvalue weighted by Crippen LogP contribution is -2.46. The maximum absolute atomic E-state index is 10.3. The van der Waals surface area contributed by atoms with Crippen LogP contribution in [0.1, 0.15) is 65.7 Å². The van der Waals surface area contributed by atoms with Crippen molar-refractivity contribution in [1.82, 2.24) is 5.32 Å². The van der Waals surface area contributed by atoms with E-state index in [9.17, 15) is 5.11 Å². The van der Waals surface area contributed by atoms with Crippen LogP contribution in [0.25, 0.3) is 0 Å². The van der Waals surface area contributed by atoms with E-state index >= 15 is 0 Å². The molecule has 2 atom stereocenters. The van der Waals surface area contributed by atoms with E-state index in [1.54, 1.807) is 0 Å². The summed E-state index contributed by atoms with van der Waals surface area (Å²) in [5.74, 6) is 0.366. The highest BCUT2D eigenvalue weighted by molar-refractivity contribution is 4.83. The molecule has 0 heterocycles. The molecule has 0 aromatic carbocycles. The van der Waals surface area contributed by atoms with Crippen molar-refractivity contribution in [2.45, 2.75) is 77.4 Å². The van der Waals surface area contributed by atoms with Gasteiger partial charge in [0.05, 0.1) is 5.60 Å². The summed E-state index contributed by atoms with van der Waals surface area (Å²) in [6.07, 6.45) is 9.10. The Balaban J connectivity index is 2.31. The highest BCUT2D eigenvalue weighted by Crippen LogP contribution is 2.21. The standard InChI is InChI=1S/C14H29NO/c1-4-12(2)14(3,16)11-15-13-9-7-5-6-8-10-13/h12-13,15-16H,4-11H2,1-3H3. The zero-order valence-corrected chi connectivity index (χ0v) is 11.3. The van der Waals surface area contributed by atoms with Crippen LogP contribution in [0, 0.1) is 5.92 Å². The minimum atomic E-state index is -0.555. The topological polar surface area (TPSA) is 32.3 Å². The van der Waals surface area contributed by atoms with Crippen molar-refractivity contribution in [3.63, 3.8) is 0 Å². The maximum Gasteiger partial charge on any atom is 0.0768 e. The molecule has 0 amide bonds. The van der Waals surface area contributed by atoms with Gasteiger partial charge in [0.15, 0.2) is 0 Å². The highest BCUT2D eigenvalue weighted by atomic mass is 16.3. The molecule has 1 saturated carbocycles. The summed E-state index contributed by atoms with van der Waals surface area (Å²) in [6, 6.07) is 0.637. The minimum absolute atomic E-state index is 0.366. The Kier molecular flexibility index (Phi) is 5.77. The SMILES string of the molecule is CCC(C)C(C)(O)CNC1CCCCCC1. The van der Waals surface area contributed by atoms with Crippen LogP contribution in [0.15, 0.2) is 0 Å². The van der Waals surface area contributed by atoms with E-state index < -0.39 is 5.60 Å². The molecular weight excluding hydrogens is 198 g/mol. The van der Waals surface area contributed by atoms with Crippen LogP contribution in [0.3, 0.4) is 0 Å². The molecule has 1 fully saturated rings. The molecule has 16 heavy (non-hydrogen) atoms. The number of hydrogen-bond donors (Lipinski definition) is 2. The van der Waals surface area contributed by atoms with E-state index in [1.807, 2.05) is 6.92 Å². The second kappa shape index (κ2) is 6.61. The molecule has 96 valence electrons. The summed E-state index contributed by atoms with van der Waals surface area (Å²) < 4.78 is 0. The van der Waals surface area contributed by atoms with E-state index in [2.05, 4.69) is 19.2 Å². The second-order valence-corrected chi connectivity index (χ2v) is 5.74. The van der Waals surface area contributed by atoms with E-state index in [1.165, 1.54) is 38.5 Å². The number of nitrogens with one attached hydrogen (secondary N) is 1. The predicted octanol–water partition coefficient (Wildman–Crippen LogP) is 3.10. The molecule has 1 rings (SSSR count). The maximum atomic E-state index is 10.3. The Hall–Kier alpha value is -0.0800. The monoisotopic (exact) mass is 227 g/mol. The van der Waals surface area contributed by atoms with Gasteiger partial charge in [0.2, 0.25) is 0 Å². The summed E-state index contributed by atoms with van der Waals surface area (Å²) >= 11 is 0. The lowest BCUT2D eigenvalue weighted by Gasteiger charge is -2.32. The first-order chi connectivity index (χ1) is 7.56. The van der Waals surface area contributed by atoms with Crippen molar-refractivity contribution < 1.29 is 5.11 Å². The van der Waals surface area contributed by atoms with Crippen LogP contribution < -0.4 is 5.32 Å². The zero-order chi connectivity index (χ0) is 12.0. The molecule has 2 unspecified atom stereocenters. The molecule has 0 aliphatic heterocycles. The van der Waals surface area contributed by atoms with Gasteiger partial charge < -0.3 is 10.4 Å². The summed E-state index contributed by atoms with van der Waals surface area (Å²) in [7, 11) is 0. The Morgan fingerprint density at radius 2 is 1.81 bits per heavy atom. The molecule has 0 aromatic rings. The van der Waals surface area contributed by atoms with Crippen LogP contribution >= 0.6 is 0 Å². The smallest absolute Gasteiger partial charge is 0.0768 e. The molecule has 0 aromatic heterocycles. The Morgan fingerprint density at radius 1 is 1.25 bits per heavy atom. The normalized spacial score (nSPS) is 24.8. The third-order valence-electron chi connectivity index (χ3n) is 4.28. The molecule has 0 spiro atoms. The third kappa shape index (κ3) is 4.42. The predicted molar refractivity (Wildman–Crippen MR) is 69.6 cm³/mol. The van der Waals surface area contributed by atoms with Gasteiger partial charge >= 0.3 is 0 Å². The average molecular weight is 227 g/mol. The van der Waals surface area contributed by atoms with Crippen molar-refractivity contribution in [2.75, 3.05) is 6.54 Å². The fraction of sp³-hybridized carbons (Fsp3) is 1.00. The van der Waals surface area contributed by atoms with Gasteiger partial charge in [-0.05, 0) is 25.7 Å². The third-order valence-corrected chi connectivity index (χ3v) is 4.28. The van der Waals surface area contributed by atoms with Gasteiger partial charge in [-0.15, -0.1) is 0 Å². The molecular formula is C14H29NO. The quantitative estimate of drug-likeness (QED) is 0.707. The fourth-order valence-electron chi connectivity index (χ4n) is 2.45. The summed E-state index contributed by atoms with van der Waals surface area (Å²) in [5.41, 5.74) is -0.555. The largest absolute Gasteiger partial charge is 0.389 e. The van der Waals surface area contributed by atoms with E-state index in [0.29, 0.717) is 12.0 Å². The van der Waals surface area contributed by atoms with Crippen LogP contribution in [0.4, 0.5) is 0 Å². The van der Waals surface area contributed by atoms with Gasteiger partial charge in [0.1, 0.15) is 0 Å². The average Bonchev–Trinajstić information content (AvgIpc) is 2.53. The molecule has 2 heteroatoms. The summed E-state index contributed by atoms with van der Waals surface area (Å²) in [5, 5.41) is 13.9. The lowest BCUT2D eigenvalue weighted by molar-refractivity contribution is 0.00290. The van der Waals surface area contributed by atoms with Gasteiger partial charge in [0, 0.05) is 12.6 Å². The molecule has 2 N–H and O–H groups in total. The first kappa shape index (κ1) is 14.0. The second-order valence-electron chi connectivity index (χ2n) is 5.74. The van der Waals surface area contributed by atoms with Crippen molar-refractivity contribution in [3.8, 4) is 0 Å². The van der Waals surface area contributed by atoms with Crippen molar-refractivity contribution >= 4 is 0 Å². The van der Waals surface area contributed by atoms with Gasteiger partial charge in [-0.25, -0.2) is 0 Å². The summed E-state index contributed by atoms with van der Waals surface area (Å²) in [6.45, 7) is 6.98. The van der Waals surface area contributed by atoms with Crippen LogP contribution in [0.2, 0.25) is 0 Å². The molecule has 0 radical (unpaired) electrons. The number of hydrogen-bond acceptors (Lipinski definition) is 2. The van der Waals surface area contributed by atoms with Crippen LogP contribution in [-0.2, 0) is 0 Å². The van der Waals surface area contributed by atoms with Crippen molar-refractivity contribution in [3.05, 3.63) is 0 Å². The van der Waals surface area contributed by atoms with Crippen LogP contribution in [0.5, 0.6) is 0 Å². The van der Waals surface area contributed by atoms with E-state index in [4.69, 9.17) is 0 Å². The molecule has 0 bridgehead atoms. The Bertz CT molecular complexity index is 183. The molecule has 2 nitrogen and oxygen atoms in total. The van der Waals surface area contributed by atoms with Gasteiger partial charge in [-0.3, -0.25) is 0 Å². The highest BCUT2D eigenvalue weighted by Gasteiger charge is 2.27. The van der Waals surface area contributed by atoms with Crippen LogP contribution in [-0.4, -0.2) is 23.3 Å². The zero-order valence-electron chi connectivity index (χ0n) is 11.3. The van der Waals surface area contributed by atoms with Crippen molar-refractivity contribution in [1.29, 1.82) is 0 Å². The minimum Gasteiger partial charge on any atom is -0.389 e.